The van der Waals surface area contributed by atoms with Crippen LogP contribution >= 0.6 is 50.7 Å². The highest BCUT2D eigenvalue weighted by atomic mass is 79.9. The fraction of sp³-hybridized carbons (Fsp3) is 0.250. The zero-order chi connectivity index (χ0) is 20.8. The number of carbonyl (C=O) groups excluding carboxylic acids is 1. The standard InChI is InChI=1S/C20H17BrCl3NO3/c1-20(2,3)28-19(27)10-4-5-12(22)16(17(10)24)18(26)15-8-11-13(23)6-9(21)7-14(11)25-15/h4-8,18,25-26H,1-3H3. The van der Waals surface area contributed by atoms with Gasteiger partial charge in [-0.1, -0.05) is 50.7 Å². The number of aromatic nitrogens is 1. The van der Waals surface area contributed by atoms with Crippen molar-refractivity contribution in [2.24, 2.45) is 0 Å². The molecule has 0 fully saturated rings. The predicted molar refractivity (Wildman–Crippen MR) is 117 cm³/mol. The van der Waals surface area contributed by atoms with Crippen molar-refractivity contribution < 1.29 is 14.6 Å². The van der Waals surface area contributed by atoms with Gasteiger partial charge in [0.1, 0.15) is 11.7 Å². The van der Waals surface area contributed by atoms with Gasteiger partial charge in [0.05, 0.1) is 15.6 Å². The number of aromatic amines is 1. The largest absolute Gasteiger partial charge is 0.456 e. The second-order valence-electron chi connectivity index (χ2n) is 7.30. The highest BCUT2D eigenvalue weighted by molar-refractivity contribution is 9.10. The Balaban J connectivity index is 2.07. The molecule has 0 aliphatic heterocycles. The van der Waals surface area contributed by atoms with Crippen LogP contribution in [0, 0.1) is 0 Å². The third kappa shape index (κ3) is 4.34. The maximum atomic E-state index is 12.5. The van der Waals surface area contributed by atoms with Crippen molar-refractivity contribution >= 4 is 67.6 Å². The summed E-state index contributed by atoms with van der Waals surface area (Å²) in [6.07, 6.45) is -1.19. The van der Waals surface area contributed by atoms with Gasteiger partial charge >= 0.3 is 5.97 Å². The zero-order valence-electron chi connectivity index (χ0n) is 15.2. The molecule has 148 valence electrons. The molecule has 3 aromatic rings. The average Bonchev–Trinajstić information content (AvgIpc) is 2.97. The number of benzene rings is 2. The van der Waals surface area contributed by atoms with E-state index in [1.165, 1.54) is 12.1 Å². The average molecular weight is 506 g/mol. The first kappa shape index (κ1) is 21.5. The van der Waals surface area contributed by atoms with Crippen LogP contribution in [0.5, 0.6) is 0 Å². The van der Waals surface area contributed by atoms with Gasteiger partial charge in [-0.15, -0.1) is 0 Å². The van der Waals surface area contributed by atoms with Crippen LogP contribution in [-0.2, 0) is 4.74 Å². The Kier molecular flexibility index (Phi) is 6.04. The number of H-pyrrole nitrogens is 1. The molecule has 1 heterocycles. The van der Waals surface area contributed by atoms with E-state index in [1.807, 2.05) is 6.07 Å². The summed E-state index contributed by atoms with van der Waals surface area (Å²) in [6, 6.07) is 8.32. The molecular formula is C20H17BrCl3NO3. The van der Waals surface area contributed by atoms with Gasteiger partial charge in [0.15, 0.2) is 0 Å². The van der Waals surface area contributed by atoms with Gasteiger partial charge in [0.2, 0.25) is 0 Å². The Bertz CT molecular complexity index is 1070. The summed E-state index contributed by atoms with van der Waals surface area (Å²) in [4.78, 5) is 15.6. The molecule has 0 spiro atoms. The van der Waals surface area contributed by atoms with Gasteiger partial charge in [-0.3, -0.25) is 0 Å². The number of aliphatic hydroxyl groups is 1. The minimum atomic E-state index is -1.19. The van der Waals surface area contributed by atoms with E-state index in [0.717, 1.165) is 15.4 Å². The molecule has 2 aromatic carbocycles. The van der Waals surface area contributed by atoms with E-state index >= 15 is 0 Å². The molecule has 0 radical (unpaired) electrons. The highest BCUT2D eigenvalue weighted by Crippen LogP contribution is 2.38. The first-order chi connectivity index (χ1) is 13.0. The summed E-state index contributed by atoms with van der Waals surface area (Å²) in [7, 11) is 0. The number of nitrogens with one attached hydrogen (secondary N) is 1. The van der Waals surface area contributed by atoms with Crippen molar-refractivity contribution in [3.05, 3.63) is 66.7 Å². The van der Waals surface area contributed by atoms with E-state index in [2.05, 4.69) is 20.9 Å². The summed E-state index contributed by atoms with van der Waals surface area (Å²) >= 11 is 22.4. The maximum absolute atomic E-state index is 12.5. The van der Waals surface area contributed by atoms with Crippen LogP contribution in [0.4, 0.5) is 0 Å². The molecule has 0 bridgehead atoms. The van der Waals surface area contributed by atoms with Crippen molar-refractivity contribution in [2.75, 3.05) is 0 Å². The molecule has 28 heavy (non-hydrogen) atoms. The van der Waals surface area contributed by atoms with Crippen molar-refractivity contribution in [3.8, 4) is 0 Å². The minimum Gasteiger partial charge on any atom is -0.456 e. The molecule has 4 nitrogen and oxygen atoms in total. The highest BCUT2D eigenvalue weighted by Gasteiger charge is 2.26. The topological polar surface area (TPSA) is 62.3 Å². The fourth-order valence-corrected chi connectivity index (χ4v) is 4.31. The molecule has 1 aromatic heterocycles. The zero-order valence-corrected chi connectivity index (χ0v) is 19.1. The smallest absolute Gasteiger partial charge is 0.340 e. The molecule has 0 aliphatic carbocycles. The van der Waals surface area contributed by atoms with E-state index in [4.69, 9.17) is 39.5 Å². The second-order valence-corrected chi connectivity index (χ2v) is 9.41. The molecule has 0 saturated carbocycles. The first-order valence-electron chi connectivity index (χ1n) is 8.35. The number of carbonyl (C=O) groups is 1. The van der Waals surface area contributed by atoms with Gasteiger partial charge in [-0.05, 0) is 51.1 Å². The number of halogens is 4. The number of esters is 1. The quantitative estimate of drug-likeness (QED) is 0.380. The molecule has 2 N–H and O–H groups in total. The molecule has 1 atom stereocenters. The second kappa shape index (κ2) is 7.88. The summed E-state index contributed by atoms with van der Waals surface area (Å²) in [6.45, 7) is 5.28. The Hall–Kier alpha value is -1.24. The summed E-state index contributed by atoms with van der Waals surface area (Å²) in [5.41, 5.74) is 0.852. The summed E-state index contributed by atoms with van der Waals surface area (Å²) in [5, 5.41) is 12.5. The molecular weight excluding hydrogens is 488 g/mol. The molecule has 0 aliphatic rings. The number of fused-ring (bicyclic) bond motifs is 1. The van der Waals surface area contributed by atoms with Gasteiger partial charge in [-0.25, -0.2) is 4.79 Å². The number of aliphatic hydroxyl groups excluding tert-OH is 1. The number of hydrogen-bond acceptors (Lipinski definition) is 3. The molecule has 1 unspecified atom stereocenters. The first-order valence-corrected chi connectivity index (χ1v) is 10.3. The van der Waals surface area contributed by atoms with Crippen LogP contribution in [0.2, 0.25) is 15.1 Å². The molecule has 0 amide bonds. The fourth-order valence-electron chi connectivity index (χ4n) is 2.80. The lowest BCUT2D eigenvalue weighted by atomic mass is 10.0. The van der Waals surface area contributed by atoms with Crippen molar-refractivity contribution in [1.82, 2.24) is 4.98 Å². The molecule has 3 rings (SSSR count). The Labute approximate surface area is 185 Å². The lowest BCUT2D eigenvalue weighted by molar-refractivity contribution is 0.00695. The Morgan fingerprint density at radius 3 is 2.46 bits per heavy atom. The number of hydrogen-bond donors (Lipinski definition) is 2. The lowest BCUT2D eigenvalue weighted by Crippen LogP contribution is -2.24. The summed E-state index contributed by atoms with van der Waals surface area (Å²) in [5.74, 6) is -0.591. The SMILES string of the molecule is CC(C)(C)OC(=O)c1ccc(Cl)c(C(O)c2cc3c(Cl)cc(Br)cc3[nH]2)c1Cl. The van der Waals surface area contributed by atoms with Gasteiger partial charge in [0, 0.05) is 31.7 Å². The third-order valence-electron chi connectivity index (χ3n) is 3.99. The van der Waals surface area contributed by atoms with Crippen LogP contribution in [-0.4, -0.2) is 21.7 Å². The van der Waals surface area contributed by atoms with Crippen molar-refractivity contribution in [1.29, 1.82) is 0 Å². The molecule has 0 saturated heterocycles. The number of ether oxygens (including phenoxy) is 1. The number of rotatable bonds is 3. The Morgan fingerprint density at radius 2 is 1.82 bits per heavy atom. The predicted octanol–water partition coefficient (Wildman–Crippen LogP) is 6.93. The van der Waals surface area contributed by atoms with Gasteiger partial charge in [-0.2, -0.15) is 0 Å². The summed E-state index contributed by atoms with van der Waals surface area (Å²) < 4.78 is 6.19. The van der Waals surface area contributed by atoms with E-state index in [0.29, 0.717) is 10.7 Å². The van der Waals surface area contributed by atoms with Crippen LogP contribution in [0.15, 0.2) is 34.8 Å². The van der Waals surface area contributed by atoms with Gasteiger partial charge in [0.25, 0.3) is 0 Å². The van der Waals surface area contributed by atoms with Crippen LogP contribution in [0.1, 0.15) is 48.5 Å². The van der Waals surface area contributed by atoms with Crippen LogP contribution < -0.4 is 0 Å². The van der Waals surface area contributed by atoms with E-state index < -0.39 is 17.7 Å². The third-order valence-corrected chi connectivity index (χ3v) is 5.49. The maximum Gasteiger partial charge on any atom is 0.340 e. The van der Waals surface area contributed by atoms with Crippen LogP contribution in [0.3, 0.4) is 0 Å². The van der Waals surface area contributed by atoms with Gasteiger partial charge < -0.3 is 14.8 Å². The van der Waals surface area contributed by atoms with E-state index in [-0.39, 0.29) is 21.2 Å². The van der Waals surface area contributed by atoms with E-state index in [9.17, 15) is 9.90 Å². The molecule has 8 heteroatoms. The lowest BCUT2D eigenvalue weighted by Gasteiger charge is -2.21. The van der Waals surface area contributed by atoms with Crippen molar-refractivity contribution in [2.45, 2.75) is 32.5 Å². The van der Waals surface area contributed by atoms with Crippen molar-refractivity contribution in [3.63, 3.8) is 0 Å². The van der Waals surface area contributed by atoms with Crippen LogP contribution in [0.25, 0.3) is 10.9 Å². The normalized spacial score (nSPS) is 13.0. The monoisotopic (exact) mass is 503 g/mol. The van der Waals surface area contributed by atoms with E-state index in [1.54, 1.807) is 32.9 Å². The minimum absolute atomic E-state index is 0.0418. The Morgan fingerprint density at radius 1 is 1.14 bits per heavy atom.